The molecule has 1 fully saturated rings. The molecule has 0 radical (unpaired) electrons. The van der Waals surface area contributed by atoms with E-state index in [2.05, 4.69) is 37.8 Å². The summed E-state index contributed by atoms with van der Waals surface area (Å²) < 4.78 is 0. The Kier molecular flexibility index (Phi) is 5.19. The minimum atomic E-state index is -0.711. The summed E-state index contributed by atoms with van der Waals surface area (Å²) in [6, 6.07) is 14.3. The monoisotopic (exact) mass is 346 g/mol. The van der Waals surface area contributed by atoms with E-state index in [1.54, 1.807) is 0 Å². The number of benzene rings is 1. The topological polar surface area (TPSA) is 53.4 Å². The van der Waals surface area contributed by atoms with Crippen LogP contribution < -0.4 is 4.90 Å². The predicted molar refractivity (Wildman–Crippen MR) is 99.0 cm³/mol. The number of carbonyl (C=O) groups is 1. The Morgan fingerprint density at radius 1 is 1.17 bits per heavy atom. The summed E-state index contributed by atoms with van der Waals surface area (Å²) in [7, 11) is 0. The maximum absolute atomic E-state index is 10.9. The van der Waals surface area contributed by atoms with Gasteiger partial charge in [-0.3, -0.25) is 9.78 Å². The largest absolute Gasteiger partial charge is 0.481 e. The third-order valence-electron chi connectivity index (χ3n) is 4.26. The maximum Gasteiger partial charge on any atom is 0.310 e. The van der Waals surface area contributed by atoms with Gasteiger partial charge in [0.25, 0.3) is 0 Å². The van der Waals surface area contributed by atoms with E-state index in [1.807, 2.05) is 30.3 Å². The van der Waals surface area contributed by atoms with Crippen molar-refractivity contribution < 1.29 is 9.90 Å². The van der Waals surface area contributed by atoms with Crippen LogP contribution in [0.15, 0.2) is 42.5 Å². The van der Waals surface area contributed by atoms with Crippen LogP contribution in [0.3, 0.4) is 0 Å². The molecule has 2 heterocycles. The first-order chi connectivity index (χ1) is 10.8. The van der Waals surface area contributed by atoms with Gasteiger partial charge in [-0.1, -0.05) is 39.0 Å². The second-order valence-corrected chi connectivity index (χ2v) is 7.15. The predicted octanol–water partition coefficient (Wildman–Crippen LogP) is 3.99. The summed E-state index contributed by atoms with van der Waals surface area (Å²) in [5, 5.41) is 9.00. The summed E-state index contributed by atoms with van der Waals surface area (Å²) in [5.41, 5.74) is 4.15. The molecular formula is C19H23ClN2O2. The van der Waals surface area contributed by atoms with Crippen LogP contribution in [0.25, 0.3) is 11.3 Å². The van der Waals surface area contributed by atoms with E-state index in [4.69, 9.17) is 10.1 Å². The third kappa shape index (κ3) is 3.70. The van der Waals surface area contributed by atoms with Gasteiger partial charge < -0.3 is 10.0 Å². The lowest BCUT2D eigenvalue weighted by atomic mass is 9.91. The first-order valence-electron chi connectivity index (χ1n) is 7.90. The zero-order valence-electron chi connectivity index (χ0n) is 14.2. The lowest BCUT2D eigenvalue weighted by Crippen LogP contribution is -2.50. The van der Waals surface area contributed by atoms with Gasteiger partial charge in [0, 0.05) is 35.4 Å². The van der Waals surface area contributed by atoms with Crippen molar-refractivity contribution >= 4 is 24.1 Å². The van der Waals surface area contributed by atoms with Gasteiger partial charge in [-0.05, 0) is 24.3 Å². The minimum Gasteiger partial charge on any atom is -0.481 e. The molecule has 0 spiro atoms. The quantitative estimate of drug-likeness (QED) is 0.913. The molecule has 24 heavy (non-hydrogen) atoms. The fraction of sp³-hybridized carbons (Fsp3) is 0.368. The van der Waals surface area contributed by atoms with Crippen molar-refractivity contribution in [2.24, 2.45) is 5.92 Å². The van der Waals surface area contributed by atoms with Crippen LogP contribution in [-0.4, -0.2) is 29.1 Å². The lowest BCUT2D eigenvalue weighted by molar-refractivity contribution is -0.142. The Balaban J connectivity index is 0.00000208. The summed E-state index contributed by atoms with van der Waals surface area (Å²) >= 11 is 0. The molecule has 0 unspecified atom stereocenters. The van der Waals surface area contributed by atoms with Crippen molar-refractivity contribution in [3.63, 3.8) is 0 Å². The molecule has 0 bridgehead atoms. The van der Waals surface area contributed by atoms with Crippen LogP contribution in [-0.2, 0) is 10.2 Å². The SMILES string of the molecule is CC(C)(C)c1cccc(-c2cccc(N3CC(C(=O)O)C3)c2)n1.Cl. The van der Waals surface area contributed by atoms with Gasteiger partial charge in [0.2, 0.25) is 0 Å². The lowest BCUT2D eigenvalue weighted by Gasteiger charge is -2.38. The Labute approximate surface area is 148 Å². The average Bonchev–Trinajstić information content (AvgIpc) is 2.45. The van der Waals surface area contributed by atoms with E-state index in [1.165, 1.54) is 0 Å². The fourth-order valence-electron chi connectivity index (χ4n) is 2.72. The highest BCUT2D eigenvalue weighted by molar-refractivity contribution is 5.85. The number of aliphatic carboxylic acids is 1. The summed E-state index contributed by atoms with van der Waals surface area (Å²) in [5.74, 6) is -0.960. The van der Waals surface area contributed by atoms with E-state index in [-0.39, 0.29) is 23.7 Å². The first-order valence-corrected chi connectivity index (χ1v) is 7.90. The summed E-state index contributed by atoms with van der Waals surface area (Å²) in [6.07, 6.45) is 0. The molecule has 0 atom stereocenters. The minimum absolute atomic E-state index is 0. The van der Waals surface area contributed by atoms with Crippen molar-refractivity contribution in [3.8, 4) is 11.3 Å². The number of nitrogens with zero attached hydrogens (tertiary/aromatic N) is 2. The Morgan fingerprint density at radius 2 is 1.83 bits per heavy atom. The molecule has 1 aliphatic rings. The van der Waals surface area contributed by atoms with Crippen molar-refractivity contribution in [3.05, 3.63) is 48.2 Å². The Morgan fingerprint density at radius 3 is 2.46 bits per heavy atom. The number of carboxylic acid groups (broad SMARTS) is 1. The highest BCUT2D eigenvalue weighted by atomic mass is 35.5. The third-order valence-corrected chi connectivity index (χ3v) is 4.26. The molecule has 1 N–H and O–H groups in total. The number of hydrogen-bond donors (Lipinski definition) is 1. The number of hydrogen-bond acceptors (Lipinski definition) is 3. The molecular weight excluding hydrogens is 324 g/mol. The molecule has 0 aliphatic carbocycles. The zero-order valence-corrected chi connectivity index (χ0v) is 15.0. The van der Waals surface area contributed by atoms with Crippen LogP contribution in [0.4, 0.5) is 5.69 Å². The molecule has 128 valence electrons. The fourth-order valence-corrected chi connectivity index (χ4v) is 2.72. The standard InChI is InChI=1S/C19H22N2O2.ClH/c1-19(2,3)17-9-5-8-16(20-17)13-6-4-7-15(10-13)21-11-14(12-21)18(22)23;/h4-10,14H,11-12H2,1-3H3,(H,22,23);1H. The van der Waals surface area contributed by atoms with Crippen molar-refractivity contribution in [1.29, 1.82) is 0 Å². The molecule has 2 aromatic rings. The second-order valence-electron chi connectivity index (χ2n) is 7.15. The van der Waals surface area contributed by atoms with Crippen LogP contribution in [0.5, 0.6) is 0 Å². The number of anilines is 1. The van der Waals surface area contributed by atoms with Gasteiger partial charge in [0.05, 0.1) is 11.6 Å². The molecule has 0 saturated carbocycles. The van der Waals surface area contributed by atoms with Gasteiger partial charge in [-0.25, -0.2) is 0 Å². The molecule has 5 heteroatoms. The van der Waals surface area contributed by atoms with Crippen LogP contribution in [0.2, 0.25) is 0 Å². The van der Waals surface area contributed by atoms with E-state index < -0.39 is 5.97 Å². The van der Waals surface area contributed by atoms with Gasteiger partial charge >= 0.3 is 5.97 Å². The number of carboxylic acids is 1. The highest BCUT2D eigenvalue weighted by Crippen LogP contribution is 2.30. The van der Waals surface area contributed by atoms with Gasteiger partial charge in [0.1, 0.15) is 0 Å². The van der Waals surface area contributed by atoms with Crippen LogP contribution >= 0.6 is 12.4 Å². The smallest absolute Gasteiger partial charge is 0.310 e. The normalized spacial score (nSPS) is 14.7. The van der Waals surface area contributed by atoms with E-state index in [9.17, 15) is 4.79 Å². The van der Waals surface area contributed by atoms with E-state index in [0.717, 1.165) is 22.6 Å². The molecule has 3 rings (SSSR count). The van der Waals surface area contributed by atoms with Gasteiger partial charge in [-0.2, -0.15) is 0 Å². The van der Waals surface area contributed by atoms with Gasteiger partial charge in [0.15, 0.2) is 0 Å². The zero-order chi connectivity index (χ0) is 16.6. The Hall–Kier alpha value is -2.07. The van der Waals surface area contributed by atoms with E-state index in [0.29, 0.717) is 13.1 Å². The Bertz CT molecular complexity index is 734. The summed E-state index contributed by atoms with van der Waals surface area (Å²) in [6.45, 7) is 7.62. The number of rotatable bonds is 3. The van der Waals surface area contributed by atoms with E-state index >= 15 is 0 Å². The molecule has 1 aromatic heterocycles. The van der Waals surface area contributed by atoms with Crippen LogP contribution in [0, 0.1) is 5.92 Å². The molecule has 1 saturated heterocycles. The molecule has 4 nitrogen and oxygen atoms in total. The van der Waals surface area contributed by atoms with Gasteiger partial charge in [-0.15, -0.1) is 12.4 Å². The maximum atomic E-state index is 10.9. The van der Waals surface area contributed by atoms with Crippen molar-refractivity contribution in [1.82, 2.24) is 4.98 Å². The number of halogens is 1. The molecule has 1 aliphatic heterocycles. The number of pyridine rings is 1. The van der Waals surface area contributed by atoms with Crippen molar-refractivity contribution in [2.45, 2.75) is 26.2 Å². The van der Waals surface area contributed by atoms with Crippen molar-refractivity contribution in [2.75, 3.05) is 18.0 Å². The van der Waals surface area contributed by atoms with Crippen LogP contribution in [0.1, 0.15) is 26.5 Å². The molecule has 1 aromatic carbocycles. The number of aromatic nitrogens is 1. The summed E-state index contributed by atoms with van der Waals surface area (Å²) in [4.78, 5) is 17.8. The highest BCUT2D eigenvalue weighted by Gasteiger charge is 2.32. The average molecular weight is 347 g/mol. The first kappa shape index (κ1) is 18.3. The molecule has 0 amide bonds. The second kappa shape index (κ2) is 6.81.